The molecule has 2 aliphatic carbocycles. The zero-order valence-corrected chi connectivity index (χ0v) is 30.6. The Balaban J connectivity index is 1.03. The molecule has 1 heteroatoms. The van der Waals surface area contributed by atoms with E-state index in [4.69, 9.17) is 0 Å². The molecule has 0 saturated carbocycles. The van der Waals surface area contributed by atoms with E-state index in [1.165, 1.54) is 66.4 Å². The molecule has 10 rings (SSSR count). The predicted octanol–water partition coefficient (Wildman–Crippen LogP) is 13.5. The van der Waals surface area contributed by atoms with Crippen LogP contribution in [0.5, 0.6) is 0 Å². The quantitative estimate of drug-likeness (QED) is 0.162. The number of hydrogen-bond acceptors (Lipinski definition) is 1. The maximum Gasteiger partial charge on any atom is 0.194 e. The van der Waals surface area contributed by atoms with Crippen LogP contribution in [0.3, 0.4) is 0 Å². The summed E-state index contributed by atoms with van der Waals surface area (Å²) in [4.78, 5) is 13.7. The first kappa shape index (κ1) is 32.3. The Labute approximate surface area is 317 Å². The van der Waals surface area contributed by atoms with Crippen molar-refractivity contribution in [2.75, 3.05) is 0 Å². The van der Waals surface area contributed by atoms with Crippen LogP contribution in [-0.4, -0.2) is 5.78 Å². The van der Waals surface area contributed by atoms with Gasteiger partial charge in [0, 0.05) is 22.5 Å². The van der Waals surface area contributed by atoms with Crippen LogP contribution < -0.4 is 0 Å². The van der Waals surface area contributed by atoms with Crippen LogP contribution in [-0.2, 0) is 11.8 Å². The van der Waals surface area contributed by atoms with Crippen LogP contribution in [0.2, 0.25) is 0 Å². The largest absolute Gasteiger partial charge is 0.289 e. The van der Waals surface area contributed by atoms with E-state index in [1.54, 1.807) is 0 Å². The van der Waals surface area contributed by atoms with Gasteiger partial charge in [0.25, 0.3) is 0 Å². The number of rotatable bonds is 7. The van der Waals surface area contributed by atoms with Gasteiger partial charge in [0.05, 0.1) is 0 Å². The highest BCUT2D eigenvalue weighted by Crippen LogP contribution is 2.52. The Morgan fingerprint density at radius 2 is 0.981 bits per heavy atom. The highest BCUT2D eigenvalue weighted by molar-refractivity contribution is 6.22. The van der Waals surface area contributed by atoms with Gasteiger partial charge in [0.15, 0.2) is 5.78 Å². The second-order valence-electron chi connectivity index (χ2n) is 15.5. The number of carbonyl (C=O) groups excluding carboxylic acids is 1. The molecule has 258 valence electrons. The molecule has 1 nitrogen and oxygen atoms in total. The molecule has 0 spiro atoms. The number of fused-ring (bicyclic) bond motifs is 7. The van der Waals surface area contributed by atoms with Crippen LogP contribution in [0.15, 0.2) is 176 Å². The third-order valence-electron chi connectivity index (χ3n) is 12.2. The topological polar surface area (TPSA) is 17.1 Å². The first-order chi connectivity index (χ1) is 26.5. The third kappa shape index (κ3) is 5.11. The minimum absolute atomic E-state index is 0.0362. The number of aryl methyl sites for hydroxylation is 1. The first-order valence-corrected chi connectivity index (χ1v) is 19.2. The van der Waals surface area contributed by atoms with E-state index in [9.17, 15) is 4.79 Å². The zero-order chi connectivity index (χ0) is 36.4. The van der Waals surface area contributed by atoms with Gasteiger partial charge in [-0.1, -0.05) is 190 Å². The molecular weight excluding hydrogens is 653 g/mol. The molecule has 0 N–H and O–H groups in total. The second kappa shape index (κ2) is 12.7. The van der Waals surface area contributed by atoms with E-state index in [0.29, 0.717) is 0 Å². The molecule has 8 aromatic carbocycles. The standard InChI is InChI=1S/C53H40O/c1-53(2)48-22-8-7-18-47(48)51-43(20-11-23-49(51)53)38-30-26-36(27-31-38)40(33-32-39-14-10-21-45-44-16-5-6-17-46(44)52(54)50(39)45)35-24-28-37(29-25-35)42-19-9-13-34-12-3-4-15-41(34)42/h3-31,40H,32-33H2,1-2H3. The SMILES string of the molecule is CC1(C)c2ccccc2-c2c(-c3ccc(C(CCc4cccc5c4C(=O)c4ccccc4-5)c4ccc(-c5cccc6ccccc56)cc4)cc3)cccc21. The van der Waals surface area contributed by atoms with Crippen LogP contribution in [0, 0.1) is 0 Å². The van der Waals surface area contributed by atoms with Gasteiger partial charge in [-0.25, -0.2) is 0 Å². The van der Waals surface area contributed by atoms with E-state index in [2.05, 4.69) is 172 Å². The highest BCUT2D eigenvalue weighted by atomic mass is 16.1. The normalized spacial score (nSPS) is 14.0. The van der Waals surface area contributed by atoms with Crippen molar-refractivity contribution in [2.24, 2.45) is 0 Å². The van der Waals surface area contributed by atoms with E-state index in [1.807, 2.05) is 18.2 Å². The Morgan fingerprint density at radius 1 is 0.444 bits per heavy atom. The van der Waals surface area contributed by atoms with Crippen LogP contribution >= 0.6 is 0 Å². The molecule has 0 fully saturated rings. The van der Waals surface area contributed by atoms with Crippen LogP contribution in [0.25, 0.3) is 55.3 Å². The van der Waals surface area contributed by atoms with Crippen LogP contribution in [0.1, 0.15) is 69.9 Å². The average Bonchev–Trinajstić information content (AvgIpc) is 3.65. The second-order valence-corrected chi connectivity index (χ2v) is 15.5. The van der Waals surface area contributed by atoms with Crippen molar-refractivity contribution in [3.8, 4) is 44.5 Å². The molecule has 2 aliphatic rings. The molecule has 0 radical (unpaired) electrons. The van der Waals surface area contributed by atoms with Crippen LogP contribution in [0.4, 0.5) is 0 Å². The van der Waals surface area contributed by atoms with Crippen molar-refractivity contribution in [1.29, 1.82) is 0 Å². The van der Waals surface area contributed by atoms with Gasteiger partial charge in [0.1, 0.15) is 0 Å². The number of carbonyl (C=O) groups is 1. The lowest BCUT2D eigenvalue weighted by Gasteiger charge is -2.22. The molecule has 0 amide bonds. The smallest absolute Gasteiger partial charge is 0.194 e. The fourth-order valence-electron chi connectivity index (χ4n) is 9.44. The van der Waals surface area contributed by atoms with Crippen molar-refractivity contribution in [2.45, 2.75) is 38.0 Å². The summed E-state index contributed by atoms with van der Waals surface area (Å²) >= 11 is 0. The average molecular weight is 693 g/mol. The summed E-state index contributed by atoms with van der Waals surface area (Å²) in [6.07, 6.45) is 1.69. The maximum atomic E-state index is 13.7. The first-order valence-electron chi connectivity index (χ1n) is 19.2. The van der Waals surface area contributed by atoms with E-state index < -0.39 is 0 Å². The molecule has 0 saturated heterocycles. The third-order valence-corrected chi connectivity index (χ3v) is 12.2. The Bertz CT molecular complexity index is 2740. The van der Waals surface area contributed by atoms with Gasteiger partial charge < -0.3 is 0 Å². The van der Waals surface area contributed by atoms with E-state index >= 15 is 0 Å². The summed E-state index contributed by atoms with van der Waals surface area (Å²) in [5.74, 6) is 0.299. The number of hydrogen-bond donors (Lipinski definition) is 0. The molecular formula is C53H40O. The fraction of sp³-hybridized carbons (Fsp3) is 0.113. The Morgan fingerprint density at radius 3 is 1.76 bits per heavy atom. The molecule has 0 aliphatic heterocycles. The highest BCUT2D eigenvalue weighted by Gasteiger charge is 2.36. The Hall–Kier alpha value is -6.31. The van der Waals surface area contributed by atoms with Crippen molar-refractivity contribution in [3.05, 3.63) is 215 Å². The summed E-state index contributed by atoms with van der Waals surface area (Å²) < 4.78 is 0. The van der Waals surface area contributed by atoms with Crippen molar-refractivity contribution in [1.82, 2.24) is 0 Å². The molecule has 0 aromatic heterocycles. The van der Waals surface area contributed by atoms with Gasteiger partial charge in [0.2, 0.25) is 0 Å². The molecule has 8 aromatic rings. The minimum Gasteiger partial charge on any atom is -0.289 e. The Kier molecular flexibility index (Phi) is 7.59. The lowest BCUT2D eigenvalue weighted by atomic mass is 9.81. The molecule has 0 heterocycles. The summed E-state index contributed by atoms with van der Waals surface area (Å²) in [6, 6.07) is 63.7. The lowest BCUT2D eigenvalue weighted by Crippen LogP contribution is -2.14. The fourth-order valence-corrected chi connectivity index (χ4v) is 9.44. The monoisotopic (exact) mass is 692 g/mol. The van der Waals surface area contributed by atoms with Crippen molar-refractivity contribution < 1.29 is 4.79 Å². The summed E-state index contributed by atoms with van der Waals surface area (Å²) in [6.45, 7) is 4.68. The summed E-state index contributed by atoms with van der Waals surface area (Å²) in [5.41, 5.74) is 17.9. The van der Waals surface area contributed by atoms with Crippen molar-refractivity contribution in [3.63, 3.8) is 0 Å². The summed E-state index contributed by atoms with van der Waals surface area (Å²) in [7, 11) is 0. The molecule has 54 heavy (non-hydrogen) atoms. The lowest BCUT2D eigenvalue weighted by molar-refractivity contribution is 0.104. The van der Waals surface area contributed by atoms with Gasteiger partial charge in [-0.3, -0.25) is 4.79 Å². The van der Waals surface area contributed by atoms with Gasteiger partial charge in [-0.05, 0) is 95.9 Å². The molecule has 0 bridgehead atoms. The minimum atomic E-state index is -0.0362. The predicted molar refractivity (Wildman–Crippen MR) is 224 cm³/mol. The summed E-state index contributed by atoms with van der Waals surface area (Å²) in [5, 5.41) is 2.52. The molecule has 1 atom stereocenters. The van der Waals surface area contributed by atoms with Gasteiger partial charge >= 0.3 is 0 Å². The van der Waals surface area contributed by atoms with E-state index in [0.717, 1.165) is 40.7 Å². The molecule has 1 unspecified atom stereocenters. The number of benzene rings is 8. The van der Waals surface area contributed by atoms with Gasteiger partial charge in [-0.15, -0.1) is 0 Å². The van der Waals surface area contributed by atoms with Crippen molar-refractivity contribution >= 4 is 16.6 Å². The number of ketones is 1. The van der Waals surface area contributed by atoms with E-state index in [-0.39, 0.29) is 17.1 Å². The maximum absolute atomic E-state index is 13.7. The zero-order valence-electron chi connectivity index (χ0n) is 30.6. The van der Waals surface area contributed by atoms with Gasteiger partial charge in [-0.2, -0.15) is 0 Å².